The van der Waals surface area contributed by atoms with E-state index < -0.39 is 11.4 Å². The third kappa shape index (κ3) is 1.53. The molecule has 0 aliphatic heterocycles. The predicted octanol–water partition coefficient (Wildman–Crippen LogP) is 3.15. The van der Waals surface area contributed by atoms with E-state index in [0.717, 1.165) is 30.4 Å². The molecule has 1 aliphatic carbocycles. The number of benzene rings is 1. The van der Waals surface area contributed by atoms with Crippen LogP contribution in [0.15, 0.2) is 18.2 Å². The number of hydrogen-bond acceptors (Lipinski definition) is 1. The lowest BCUT2D eigenvalue weighted by Gasteiger charge is -2.38. The summed E-state index contributed by atoms with van der Waals surface area (Å²) in [4.78, 5) is 11.3. The molecule has 0 atom stereocenters. The van der Waals surface area contributed by atoms with Crippen LogP contribution in [0.3, 0.4) is 0 Å². The van der Waals surface area contributed by atoms with Crippen LogP contribution in [0, 0.1) is 6.92 Å². The number of carboxylic acids is 1. The molecule has 15 heavy (non-hydrogen) atoms. The first-order valence-electron chi connectivity index (χ1n) is 5.06. The van der Waals surface area contributed by atoms with Gasteiger partial charge in [-0.15, -0.1) is 0 Å². The number of carboxylic acid groups (broad SMARTS) is 1. The molecular formula is C12H13ClO2. The molecule has 1 saturated carbocycles. The summed E-state index contributed by atoms with van der Waals surface area (Å²) in [6.45, 7) is 1.90. The van der Waals surface area contributed by atoms with Gasteiger partial charge in [0, 0.05) is 5.02 Å². The predicted molar refractivity (Wildman–Crippen MR) is 59.4 cm³/mol. The highest BCUT2D eigenvalue weighted by Gasteiger charge is 2.45. The van der Waals surface area contributed by atoms with Gasteiger partial charge in [-0.1, -0.05) is 30.2 Å². The molecule has 1 aromatic carbocycles. The minimum atomic E-state index is -0.713. The lowest BCUT2D eigenvalue weighted by Crippen LogP contribution is -2.42. The third-order valence-corrected chi connectivity index (χ3v) is 3.75. The van der Waals surface area contributed by atoms with Gasteiger partial charge in [-0.3, -0.25) is 4.79 Å². The van der Waals surface area contributed by atoms with Gasteiger partial charge in [0.1, 0.15) is 0 Å². The van der Waals surface area contributed by atoms with Crippen molar-refractivity contribution in [2.75, 3.05) is 0 Å². The van der Waals surface area contributed by atoms with Gasteiger partial charge in [0.05, 0.1) is 5.41 Å². The Morgan fingerprint density at radius 3 is 2.53 bits per heavy atom. The van der Waals surface area contributed by atoms with Crippen LogP contribution in [0.4, 0.5) is 0 Å². The second kappa shape index (κ2) is 3.53. The normalized spacial score (nSPS) is 18.3. The highest BCUT2D eigenvalue weighted by atomic mass is 35.5. The fourth-order valence-corrected chi connectivity index (χ4v) is 2.22. The molecule has 1 aliphatic rings. The zero-order valence-corrected chi connectivity index (χ0v) is 9.34. The van der Waals surface area contributed by atoms with Crippen LogP contribution in [0.1, 0.15) is 30.4 Å². The van der Waals surface area contributed by atoms with Gasteiger partial charge >= 0.3 is 5.97 Å². The Hall–Kier alpha value is -1.02. The minimum absolute atomic E-state index is 0.644. The Bertz CT molecular complexity index is 408. The fourth-order valence-electron chi connectivity index (χ4n) is 2.10. The standard InChI is InChI=1S/C12H13ClO2/c1-8-7-9(3-4-10(8)13)12(11(14)15)5-2-6-12/h3-4,7H,2,5-6H2,1H3,(H,14,15). The topological polar surface area (TPSA) is 37.3 Å². The molecule has 0 heterocycles. The van der Waals surface area contributed by atoms with Crippen LogP contribution in [-0.4, -0.2) is 11.1 Å². The molecule has 3 heteroatoms. The van der Waals surface area contributed by atoms with Crippen molar-refractivity contribution in [2.24, 2.45) is 0 Å². The SMILES string of the molecule is Cc1cc(C2(C(=O)O)CCC2)ccc1Cl. The lowest BCUT2D eigenvalue weighted by molar-refractivity contribution is -0.147. The van der Waals surface area contributed by atoms with E-state index in [1.165, 1.54) is 0 Å². The smallest absolute Gasteiger partial charge is 0.314 e. The van der Waals surface area contributed by atoms with Crippen molar-refractivity contribution in [1.29, 1.82) is 0 Å². The van der Waals surface area contributed by atoms with E-state index in [1.54, 1.807) is 6.07 Å². The maximum Gasteiger partial charge on any atom is 0.314 e. The molecule has 80 valence electrons. The molecule has 0 radical (unpaired) electrons. The third-order valence-electron chi connectivity index (χ3n) is 3.33. The van der Waals surface area contributed by atoms with Gasteiger partial charge in [0.25, 0.3) is 0 Å². The molecule has 0 saturated heterocycles. The number of aryl methyl sites for hydroxylation is 1. The lowest BCUT2D eigenvalue weighted by atomic mass is 9.64. The van der Waals surface area contributed by atoms with Crippen molar-refractivity contribution < 1.29 is 9.90 Å². The number of rotatable bonds is 2. The van der Waals surface area contributed by atoms with E-state index >= 15 is 0 Å². The molecule has 1 fully saturated rings. The maximum atomic E-state index is 11.3. The quantitative estimate of drug-likeness (QED) is 0.838. The van der Waals surface area contributed by atoms with Gasteiger partial charge in [-0.2, -0.15) is 0 Å². The summed E-state index contributed by atoms with van der Waals surface area (Å²) in [6, 6.07) is 5.52. The van der Waals surface area contributed by atoms with Gasteiger partial charge < -0.3 is 5.11 Å². The van der Waals surface area contributed by atoms with Crippen LogP contribution in [0.5, 0.6) is 0 Å². The van der Waals surface area contributed by atoms with Gasteiger partial charge in [0.2, 0.25) is 0 Å². The van der Waals surface area contributed by atoms with Gasteiger partial charge in [-0.05, 0) is 37.0 Å². The van der Waals surface area contributed by atoms with E-state index in [4.69, 9.17) is 11.6 Å². The van der Waals surface area contributed by atoms with Gasteiger partial charge in [-0.25, -0.2) is 0 Å². The molecule has 0 spiro atoms. The average Bonchev–Trinajstić information content (AvgIpc) is 2.08. The molecule has 0 bridgehead atoms. The molecular weight excluding hydrogens is 212 g/mol. The van der Waals surface area contributed by atoms with Crippen molar-refractivity contribution >= 4 is 17.6 Å². The first-order chi connectivity index (χ1) is 7.06. The van der Waals surface area contributed by atoms with Crippen LogP contribution in [-0.2, 0) is 10.2 Å². The first-order valence-corrected chi connectivity index (χ1v) is 5.44. The zero-order chi connectivity index (χ0) is 11.1. The van der Waals surface area contributed by atoms with Crippen molar-refractivity contribution in [3.63, 3.8) is 0 Å². The molecule has 1 aromatic rings. The molecule has 0 aromatic heterocycles. The summed E-state index contributed by atoms with van der Waals surface area (Å²) in [5, 5.41) is 9.96. The second-order valence-corrected chi connectivity index (χ2v) is 4.61. The number of halogens is 1. The Kier molecular flexibility index (Phi) is 2.47. The van der Waals surface area contributed by atoms with Crippen LogP contribution in [0.2, 0.25) is 5.02 Å². The highest BCUT2D eigenvalue weighted by molar-refractivity contribution is 6.31. The Labute approximate surface area is 93.9 Å². The van der Waals surface area contributed by atoms with E-state index in [0.29, 0.717) is 5.02 Å². The zero-order valence-electron chi connectivity index (χ0n) is 8.59. The fraction of sp³-hybridized carbons (Fsp3) is 0.417. The number of carbonyl (C=O) groups is 1. The molecule has 2 nitrogen and oxygen atoms in total. The van der Waals surface area contributed by atoms with E-state index in [-0.39, 0.29) is 0 Å². The average molecular weight is 225 g/mol. The van der Waals surface area contributed by atoms with Crippen LogP contribution in [0.25, 0.3) is 0 Å². The monoisotopic (exact) mass is 224 g/mol. The van der Waals surface area contributed by atoms with E-state index in [1.807, 2.05) is 19.1 Å². The molecule has 1 N–H and O–H groups in total. The largest absolute Gasteiger partial charge is 0.481 e. The maximum absolute atomic E-state index is 11.3. The Morgan fingerprint density at radius 1 is 1.47 bits per heavy atom. The highest BCUT2D eigenvalue weighted by Crippen LogP contribution is 2.44. The van der Waals surface area contributed by atoms with Crippen molar-refractivity contribution in [1.82, 2.24) is 0 Å². The van der Waals surface area contributed by atoms with Crippen molar-refractivity contribution in [3.05, 3.63) is 34.3 Å². The summed E-state index contributed by atoms with van der Waals surface area (Å²) in [6.07, 6.45) is 2.47. The van der Waals surface area contributed by atoms with E-state index in [9.17, 15) is 9.90 Å². The summed E-state index contributed by atoms with van der Waals surface area (Å²) in [7, 11) is 0. The summed E-state index contributed by atoms with van der Waals surface area (Å²) < 4.78 is 0. The molecule has 0 amide bonds. The van der Waals surface area contributed by atoms with E-state index in [2.05, 4.69) is 0 Å². The molecule has 2 rings (SSSR count). The van der Waals surface area contributed by atoms with Crippen LogP contribution >= 0.6 is 11.6 Å². The van der Waals surface area contributed by atoms with Crippen molar-refractivity contribution in [2.45, 2.75) is 31.6 Å². The minimum Gasteiger partial charge on any atom is -0.481 e. The second-order valence-electron chi connectivity index (χ2n) is 4.20. The first kappa shape index (κ1) is 10.5. The van der Waals surface area contributed by atoms with Crippen molar-refractivity contribution in [3.8, 4) is 0 Å². The van der Waals surface area contributed by atoms with Crippen LogP contribution < -0.4 is 0 Å². The number of hydrogen-bond donors (Lipinski definition) is 1. The Morgan fingerprint density at radius 2 is 2.13 bits per heavy atom. The molecule has 0 unspecified atom stereocenters. The summed E-state index contributed by atoms with van der Waals surface area (Å²) in [5.74, 6) is -0.713. The number of aliphatic carboxylic acids is 1. The van der Waals surface area contributed by atoms with Gasteiger partial charge in [0.15, 0.2) is 0 Å². The summed E-state index contributed by atoms with van der Waals surface area (Å²) in [5.41, 5.74) is 1.19. The Balaban J connectivity index is 2.44. The summed E-state index contributed by atoms with van der Waals surface area (Å²) >= 11 is 5.92.